The predicted octanol–water partition coefficient (Wildman–Crippen LogP) is 3.59. The number of carbonyl (C=O) groups is 1. The van der Waals surface area contributed by atoms with Crippen LogP contribution in [0.3, 0.4) is 0 Å². The number of rotatable bonds is 5. The topological polar surface area (TPSA) is 46.5 Å². The van der Waals surface area contributed by atoms with Gasteiger partial charge in [0.15, 0.2) is 0 Å². The zero-order valence-electron chi connectivity index (χ0n) is 11.0. The molecule has 2 rings (SSSR count). The average Bonchev–Trinajstić information content (AvgIpc) is 2.26. The second-order valence-corrected chi connectivity index (χ2v) is 5.40. The van der Waals surface area contributed by atoms with Crippen molar-refractivity contribution >= 4 is 5.97 Å². The van der Waals surface area contributed by atoms with Gasteiger partial charge in [-0.3, -0.25) is 4.79 Å². The molecule has 1 aromatic carbocycles. The number of benzene rings is 1. The Balaban J connectivity index is 2.19. The summed E-state index contributed by atoms with van der Waals surface area (Å²) in [5.41, 5.74) is 0.672. The quantitative estimate of drug-likeness (QED) is 0.866. The molecule has 1 N–H and O–H groups in total. The number of hydrogen-bond donors (Lipinski definition) is 1. The summed E-state index contributed by atoms with van der Waals surface area (Å²) in [7, 11) is 0. The van der Waals surface area contributed by atoms with Crippen molar-refractivity contribution in [3.63, 3.8) is 0 Å². The Morgan fingerprint density at radius 3 is 2.56 bits per heavy atom. The largest absolute Gasteiger partial charge is 0.486 e. The van der Waals surface area contributed by atoms with Crippen LogP contribution in [0.1, 0.15) is 51.0 Å². The van der Waals surface area contributed by atoms with Crippen molar-refractivity contribution < 1.29 is 14.6 Å². The zero-order valence-corrected chi connectivity index (χ0v) is 11.0. The van der Waals surface area contributed by atoms with Gasteiger partial charge in [0.05, 0.1) is 6.42 Å². The van der Waals surface area contributed by atoms with Gasteiger partial charge in [-0.25, -0.2) is 0 Å². The number of aliphatic carboxylic acids is 1. The molecule has 1 aliphatic carbocycles. The summed E-state index contributed by atoms with van der Waals surface area (Å²) in [5, 5.41) is 8.99. The third kappa shape index (κ3) is 2.66. The number of para-hydroxylation sites is 1. The fourth-order valence-corrected chi connectivity index (χ4v) is 2.45. The van der Waals surface area contributed by atoms with Crippen LogP contribution in [-0.4, -0.2) is 16.7 Å². The third-order valence-electron chi connectivity index (χ3n) is 3.61. The van der Waals surface area contributed by atoms with Crippen molar-refractivity contribution in [3.8, 4) is 5.75 Å². The zero-order chi connectivity index (χ0) is 13.2. The maximum atomic E-state index is 10.9. The van der Waals surface area contributed by atoms with E-state index in [1.165, 1.54) is 0 Å². The maximum absolute atomic E-state index is 10.9. The first-order valence-corrected chi connectivity index (χ1v) is 6.52. The van der Waals surface area contributed by atoms with E-state index in [9.17, 15) is 4.79 Å². The lowest BCUT2D eigenvalue weighted by Crippen LogP contribution is -2.45. The molecule has 1 saturated carbocycles. The number of carboxylic acids is 1. The van der Waals surface area contributed by atoms with E-state index in [0.717, 1.165) is 30.6 Å². The molecule has 98 valence electrons. The Bertz CT molecular complexity index is 433. The summed E-state index contributed by atoms with van der Waals surface area (Å²) in [4.78, 5) is 10.9. The van der Waals surface area contributed by atoms with Crippen molar-refractivity contribution in [2.24, 2.45) is 0 Å². The van der Waals surface area contributed by atoms with Crippen LogP contribution in [0.15, 0.2) is 24.3 Å². The van der Waals surface area contributed by atoms with E-state index >= 15 is 0 Å². The van der Waals surface area contributed by atoms with Crippen LogP contribution < -0.4 is 4.74 Å². The number of carboxylic acid groups (broad SMARTS) is 1. The van der Waals surface area contributed by atoms with Crippen molar-refractivity contribution in [2.75, 3.05) is 0 Å². The lowest BCUT2D eigenvalue weighted by molar-refractivity contribution is -0.144. The van der Waals surface area contributed by atoms with Crippen molar-refractivity contribution in [2.45, 2.75) is 51.0 Å². The van der Waals surface area contributed by atoms with Gasteiger partial charge >= 0.3 is 5.97 Å². The molecule has 0 atom stereocenters. The number of hydrogen-bond acceptors (Lipinski definition) is 2. The summed E-state index contributed by atoms with van der Waals surface area (Å²) >= 11 is 0. The van der Waals surface area contributed by atoms with Gasteiger partial charge in [-0.05, 0) is 36.8 Å². The molecule has 18 heavy (non-hydrogen) atoms. The van der Waals surface area contributed by atoms with Crippen molar-refractivity contribution in [1.29, 1.82) is 0 Å². The molecule has 0 aliphatic heterocycles. The highest BCUT2D eigenvalue weighted by molar-refractivity contribution is 5.68. The molecule has 1 aromatic rings. The van der Waals surface area contributed by atoms with E-state index in [1.54, 1.807) is 0 Å². The molecule has 0 spiro atoms. The predicted molar refractivity (Wildman–Crippen MR) is 70.0 cm³/mol. The lowest BCUT2D eigenvalue weighted by atomic mass is 9.77. The minimum Gasteiger partial charge on any atom is -0.486 e. The van der Waals surface area contributed by atoms with Crippen molar-refractivity contribution in [1.82, 2.24) is 0 Å². The first-order chi connectivity index (χ1) is 8.52. The van der Waals surface area contributed by atoms with E-state index in [4.69, 9.17) is 9.84 Å². The third-order valence-corrected chi connectivity index (χ3v) is 3.61. The molecule has 0 saturated heterocycles. The van der Waals surface area contributed by atoms with E-state index in [1.807, 2.05) is 24.3 Å². The van der Waals surface area contributed by atoms with Crippen LogP contribution in [0, 0.1) is 0 Å². The van der Waals surface area contributed by atoms with Gasteiger partial charge in [0.2, 0.25) is 0 Å². The van der Waals surface area contributed by atoms with Gasteiger partial charge in [-0.2, -0.15) is 0 Å². The molecule has 1 fully saturated rings. The van der Waals surface area contributed by atoms with Crippen LogP contribution in [0.4, 0.5) is 0 Å². The second-order valence-electron chi connectivity index (χ2n) is 5.40. The molecule has 0 heterocycles. The minimum atomic E-state index is -0.781. The molecule has 0 amide bonds. The molecular formula is C15H20O3. The minimum absolute atomic E-state index is 0.0967. The highest BCUT2D eigenvalue weighted by Gasteiger charge is 2.41. The Kier molecular flexibility index (Phi) is 3.60. The first kappa shape index (κ1) is 12.9. The molecule has 0 aromatic heterocycles. The summed E-state index contributed by atoms with van der Waals surface area (Å²) in [6.07, 6.45) is 2.83. The van der Waals surface area contributed by atoms with Crippen LogP contribution >= 0.6 is 0 Å². The van der Waals surface area contributed by atoms with Crippen LogP contribution in [-0.2, 0) is 4.79 Å². The molecule has 3 heteroatoms. The fourth-order valence-electron chi connectivity index (χ4n) is 2.45. The van der Waals surface area contributed by atoms with Crippen LogP contribution in [0.25, 0.3) is 0 Å². The monoisotopic (exact) mass is 248 g/mol. The summed E-state index contributed by atoms with van der Waals surface area (Å²) in [6.45, 7) is 4.24. The average molecular weight is 248 g/mol. The smallest absolute Gasteiger partial charge is 0.307 e. The Hall–Kier alpha value is -1.51. The molecule has 0 radical (unpaired) electrons. The Labute approximate surface area is 108 Å². The highest BCUT2D eigenvalue weighted by atomic mass is 16.5. The number of ether oxygens (including phenoxy) is 1. The molecule has 1 aliphatic rings. The highest BCUT2D eigenvalue weighted by Crippen LogP contribution is 2.41. The van der Waals surface area contributed by atoms with Gasteiger partial charge < -0.3 is 9.84 Å². The van der Waals surface area contributed by atoms with E-state index in [-0.39, 0.29) is 6.42 Å². The molecule has 3 nitrogen and oxygen atoms in total. The van der Waals surface area contributed by atoms with Crippen molar-refractivity contribution in [3.05, 3.63) is 29.8 Å². The second kappa shape index (κ2) is 5.01. The summed E-state index contributed by atoms with van der Waals surface area (Å²) in [6, 6.07) is 7.92. The first-order valence-electron chi connectivity index (χ1n) is 6.52. The van der Waals surface area contributed by atoms with E-state index in [0.29, 0.717) is 5.92 Å². The van der Waals surface area contributed by atoms with Crippen LogP contribution in [0.2, 0.25) is 0 Å². The normalized spacial score (nSPS) is 17.3. The van der Waals surface area contributed by atoms with Crippen LogP contribution in [0.5, 0.6) is 5.75 Å². The standard InChI is InChI=1S/C15H20O3/c1-11(2)12-6-3-4-7-13(12)18-15(8-5-9-15)10-14(16)17/h3-4,6-7,11H,5,8-10H2,1-2H3,(H,16,17). The maximum Gasteiger partial charge on any atom is 0.307 e. The summed E-state index contributed by atoms with van der Waals surface area (Å²) < 4.78 is 6.06. The molecule has 0 unspecified atom stereocenters. The lowest BCUT2D eigenvalue weighted by Gasteiger charge is -2.41. The fraction of sp³-hybridized carbons (Fsp3) is 0.533. The SMILES string of the molecule is CC(C)c1ccccc1OC1(CC(=O)O)CCC1. The Morgan fingerprint density at radius 1 is 1.39 bits per heavy atom. The van der Waals surface area contributed by atoms with E-state index < -0.39 is 11.6 Å². The van der Waals surface area contributed by atoms with E-state index in [2.05, 4.69) is 13.8 Å². The van der Waals surface area contributed by atoms with Gasteiger partial charge in [0.1, 0.15) is 11.4 Å². The van der Waals surface area contributed by atoms with Gasteiger partial charge in [0, 0.05) is 0 Å². The van der Waals surface area contributed by atoms with Gasteiger partial charge in [0.25, 0.3) is 0 Å². The molecule has 0 bridgehead atoms. The molecular weight excluding hydrogens is 228 g/mol. The van der Waals surface area contributed by atoms with Gasteiger partial charge in [-0.1, -0.05) is 32.0 Å². The summed E-state index contributed by atoms with van der Waals surface area (Å²) in [5.74, 6) is 0.438. The van der Waals surface area contributed by atoms with Gasteiger partial charge in [-0.15, -0.1) is 0 Å². The Morgan fingerprint density at radius 2 is 2.06 bits per heavy atom.